The van der Waals surface area contributed by atoms with Crippen LogP contribution in [0.4, 0.5) is 10.8 Å². The summed E-state index contributed by atoms with van der Waals surface area (Å²) >= 11 is 1.06. The minimum atomic E-state index is -4.73. The maximum absolute atomic E-state index is 12.8. The Hall–Kier alpha value is -3.76. The van der Waals surface area contributed by atoms with Crippen LogP contribution in [0.5, 0.6) is 0 Å². The number of rotatable bonds is 10. The van der Waals surface area contributed by atoms with E-state index in [2.05, 4.69) is 20.8 Å². The van der Waals surface area contributed by atoms with Crippen LogP contribution < -0.4 is 22.1 Å². The van der Waals surface area contributed by atoms with Crippen LogP contribution in [0, 0.1) is 5.41 Å². The van der Waals surface area contributed by atoms with E-state index in [4.69, 9.17) is 26.3 Å². The fourth-order valence-electron chi connectivity index (χ4n) is 3.03. The van der Waals surface area contributed by atoms with Gasteiger partial charge in [-0.15, -0.1) is 11.3 Å². The van der Waals surface area contributed by atoms with E-state index in [1.807, 2.05) is 0 Å². The highest BCUT2D eigenvalue weighted by Gasteiger charge is 2.51. The van der Waals surface area contributed by atoms with E-state index < -0.39 is 34.2 Å². The number of hydrogen-bond acceptors (Lipinski definition) is 11. The van der Waals surface area contributed by atoms with Crippen molar-refractivity contribution in [3.63, 3.8) is 0 Å². The first-order valence-electron chi connectivity index (χ1n) is 9.70. The quantitative estimate of drug-likeness (QED) is 0.0591. The lowest BCUT2D eigenvalue weighted by molar-refractivity contribution is -0.143. The van der Waals surface area contributed by atoms with Crippen molar-refractivity contribution in [2.45, 2.75) is 19.0 Å². The van der Waals surface area contributed by atoms with E-state index in [-0.39, 0.29) is 33.3 Å². The van der Waals surface area contributed by atoms with Gasteiger partial charge in [0, 0.05) is 16.6 Å². The fraction of sp³-hybridized carbons (Fsp3) is 0.278. The minimum Gasteiger partial charge on any atom is -0.393 e. The molecule has 0 spiro atoms. The second-order valence-electron chi connectivity index (χ2n) is 7.07. The molecule has 8 N–H and O–H groups in total. The van der Waals surface area contributed by atoms with Crippen molar-refractivity contribution in [2.24, 2.45) is 10.9 Å². The van der Waals surface area contributed by atoms with Crippen LogP contribution in [0.25, 0.3) is 0 Å². The van der Waals surface area contributed by atoms with Crippen LogP contribution in [-0.4, -0.2) is 70.9 Å². The Labute approximate surface area is 198 Å². The highest BCUT2D eigenvalue weighted by molar-refractivity contribution is 7.84. The third-order valence-corrected chi connectivity index (χ3v) is 6.41. The number of hydrogen-bond donors (Lipinski definition) is 6. The number of amidine groups is 1. The molecule has 14 nitrogen and oxygen atoms in total. The number of thiazole rings is 1. The Bertz CT molecular complexity index is 1230. The molecule has 0 bridgehead atoms. The van der Waals surface area contributed by atoms with Crippen LogP contribution in [0.15, 0.2) is 34.8 Å². The molecule has 1 fully saturated rings. The molecule has 0 aliphatic carbocycles. The lowest BCUT2D eigenvalue weighted by Crippen LogP contribution is -2.71. The number of nitrogens with zero attached hydrogens (tertiary/aromatic N) is 3. The molecule has 1 aliphatic rings. The molecule has 0 radical (unpaired) electrons. The van der Waals surface area contributed by atoms with Crippen molar-refractivity contribution in [3.05, 3.63) is 40.9 Å². The summed E-state index contributed by atoms with van der Waals surface area (Å²) in [5, 5.41) is 18.3. The van der Waals surface area contributed by atoms with E-state index in [0.29, 0.717) is 12.1 Å². The predicted molar refractivity (Wildman–Crippen MR) is 125 cm³/mol. The Balaban J connectivity index is 1.61. The summed E-state index contributed by atoms with van der Waals surface area (Å²) in [5.41, 5.74) is 12.2. The molecule has 3 rings (SSSR count). The Morgan fingerprint density at radius 2 is 2.06 bits per heavy atom. The molecule has 0 saturated carbocycles. The van der Waals surface area contributed by atoms with Crippen molar-refractivity contribution in [1.82, 2.24) is 14.6 Å². The Morgan fingerprint density at radius 3 is 2.59 bits per heavy atom. The number of β-lactam (4-membered cyclic amide) rings is 1. The number of oxime groups is 1. The maximum atomic E-state index is 12.8. The summed E-state index contributed by atoms with van der Waals surface area (Å²) in [7, 11) is -4.73. The number of nitrogens with two attached hydrogens (primary N) is 2. The van der Waals surface area contributed by atoms with Crippen LogP contribution >= 0.6 is 11.3 Å². The van der Waals surface area contributed by atoms with E-state index in [1.165, 1.54) is 12.3 Å². The topological polar surface area (TPSA) is 226 Å². The van der Waals surface area contributed by atoms with Crippen LogP contribution in [-0.2, 0) is 24.7 Å². The number of nitrogens with one attached hydrogen (secondary N) is 3. The van der Waals surface area contributed by atoms with Gasteiger partial charge in [-0.2, -0.15) is 8.42 Å². The molecule has 182 valence electrons. The van der Waals surface area contributed by atoms with Gasteiger partial charge in [-0.1, -0.05) is 5.16 Å². The fourth-order valence-corrected chi connectivity index (χ4v) is 4.46. The summed E-state index contributed by atoms with van der Waals surface area (Å²) in [5.74, 6) is -1.86. The average molecular weight is 511 g/mol. The van der Waals surface area contributed by atoms with Crippen LogP contribution in [0.3, 0.4) is 0 Å². The molecule has 34 heavy (non-hydrogen) atoms. The van der Waals surface area contributed by atoms with Crippen molar-refractivity contribution in [1.29, 1.82) is 5.41 Å². The van der Waals surface area contributed by atoms with Gasteiger partial charge in [0.25, 0.3) is 11.8 Å². The van der Waals surface area contributed by atoms with Crippen LogP contribution in [0.1, 0.15) is 18.2 Å². The second kappa shape index (κ2) is 10.0. The number of anilines is 2. The number of amides is 2. The van der Waals surface area contributed by atoms with E-state index in [9.17, 15) is 18.0 Å². The van der Waals surface area contributed by atoms with Crippen molar-refractivity contribution in [2.75, 3.05) is 24.2 Å². The highest BCUT2D eigenvalue weighted by atomic mass is 32.2. The van der Waals surface area contributed by atoms with Crippen molar-refractivity contribution in [3.8, 4) is 0 Å². The number of carbonyl (C=O) groups is 2. The molecule has 2 aromatic rings. The van der Waals surface area contributed by atoms with Gasteiger partial charge in [-0.3, -0.25) is 19.6 Å². The third-order valence-electron chi connectivity index (χ3n) is 4.72. The zero-order chi connectivity index (χ0) is 25.0. The Morgan fingerprint density at radius 1 is 1.38 bits per heavy atom. The second-order valence-corrected chi connectivity index (χ2v) is 9.24. The van der Waals surface area contributed by atoms with Gasteiger partial charge in [0.1, 0.15) is 24.2 Å². The van der Waals surface area contributed by atoms with Gasteiger partial charge in [0.15, 0.2) is 10.8 Å². The minimum absolute atomic E-state index is 0.0404. The molecule has 16 heteroatoms. The Kier molecular flexibility index (Phi) is 7.33. The molecular weight excluding hydrogens is 488 g/mol. The summed E-state index contributed by atoms with van der Waals surface area (Å²) in [6.07, 6.45) is 0. The number of benzene rings is 1. The smallest absolute Gasteiger partial charge is 0.362 e. The SMILES string of the molecule is C[C@H]1[C@H](NC(=O)C(=NOCCNc2ccc(C(=N)N)cc2)c2csc(N)n2)C(=O)N1S(=O)(=O)O. The average Bonchev–Trinajstić information content (AvgIpc) is 3.19. The van der Waals surface area contributed by atoms with Gasteiger partial charge >= 0.3 is 10.3 Å². The molecule has 1 aromatic heterocycles. The summed E-state index contributed by atoms with van der Waals surface area (Å²) in [6.45, 7) is 1.72. The molecule has 1 aromatic carbocycles. The lowest BCUT2D eigenvalue weighted by atomic mass is 10.0. The van der Waals surface area contributed by atoms with Gasteiger partial charge in [-0.25, -0.2) is 9.29 Å². The first kappa shape index (κ1) is 24.9. The zero-order valence-corrected chi connectivity index (χ0v) is 19.4. The monoisotopic (exact) mass is 510 g/mol. The van der Waals surface area contributed by atoms with Gasteiger partial charge in [0.05, 0.1) is 12.6 Å². The first-order chi connectivity index (χ1) is 16.0. The third kappa shape index (κ3) is 5.59. The summed E-state index contributed by atoms with van der Waals surface area (Å²) < 4.78 is 31.8. The van der Waals surface area contributed by atoms with Gasteiger partial charge < -0.3 is 26.9 Å². The van der Waals surface area contributed by atoms with Gasteiger partial charge in [0.2, 0.25) is 0 Å². The largest absolute Gasteiger partial charge is 0.393 e. The molecule has 2 atom stereocenters. The molecular formula is C18H22N8O6S2. The molecule has 2 heterocycles. The number of nitrogen functional groups attached to an aromatic ring is 2. The number of aromatic nitrogens is 1. The molecule has 1 saturated heterocycles. The van der Waals surface area contributed by atoms with Crippen molar-refractivity contribution >= 4 is 55.8 Å². The van der Waals surface area contributed by atoms with E-state index >= 15 is 0 Å². The zero-order valence-electron chi connectivity index (χ0n) is 17.8. The number of carbonyl (C=O) groups excluding carboxylic acids is 2. The van der Waals surface area contributed by atoms with Crippen LogP contribution in [0.2, 0.25) is 0 Å². The van der Waals surface area contributed by atoms with E-state index in [1.54, 1.807) is 24.3 Å². The van der Waals surface area contributed by atoms with Gasteiger partial charge in [-0.05, 0) is 31.2 Å². The standard InChI is InChI=1S/C18H22N8O6S2/c1-9-13(17(28)26(9)34(29,30)31)24-16(27)14(12-8-33-18(21)23-12)25-32-7-6-22-11-4-2-10(3-5-11)15(19)20/h2-5,8-9,13,22H,6-7H2,1H3,(H3,19,20)(H2,21,23)(H,24,27)(H,29,30,31)/t9-,13-/m0/s1. The lowest BCUT2D eigenvalue weighted by Gasteiger charge is -2.42. The summed E-state index contributed by atoms with van der Waals surface area (Å²) in [6, 6.07) is 4.67. The normalized spacial score (nSPS) is 18.2. The molecule has 0 unspecified atom stereocenters. The van der Waals surface area contributed by atoms with E-state index in [0.717, 1.165) is 17.0 Å². The highest BCUT2D eigenvalue weighted by Crippen LogP contribution is 2.23. The molecule has 2 amide bonds. The van der Waals surface area contributed by atoms with Crippen molar-refractivity contribution < 1.29 is 27.4 Å². The first-order valence-corrected chi connectivity index (χ1v) is 12.0. The summed E-state index contributed by atoms with van der Waals surface area (Å²) in [4.78, 5) is 34.0. The molecule has 1 aliphatic heterocycles. The maximum Gasteiger partial charge on any atom is 0.362 e. The predicted octanol–water partition coefficient (Wildman–Crippen LogP) is -0.640.